The Kier molecular flexibility index (Phi) is 3.50. The average molecular weight is 275 g/mol. The molecule has 0 fully saturated rings. The van der Waals surface area contributed by atoms with Crippen molar-refractivity contribution in [1.29, 1.82) is 0 Å². The zero-order valence-electron chi connectivity index (χ0n) is 8.50. The number of rotatable bonds is 3. The normalized spacial score (nSPS) is 16.8. The van der Waals surface area contributed by atoms with Crippen LogP contribution in [0.4, 0.5) is 4.39 Å². The van der Waals surface area contributed by atoms with Crippen LogP contribution in [-0.4, -0.2) is 11.1 Å². The number of benzene rings is 1. The molecule has 0 heterocycles. The molecule has 4 heteroatoms. The van der Waals surface area contributed by atoms with Crippen LogP contribution < -0.4 is 0 Å². The molecule has 0 saturated heterocycles. The molecule has 0 aliphatic rings. The van der Waals surface area contributed by atoms with E-state index in [2.05, 4.69) is 15.9 Å². The van der Waals surface area contributed by atoms with Gasteiger partial charge >= 0.3 is 5.97 Å². The summed E-state index contributed by atoms with van der Waals surface area (Å²) in [5.74, 6) is -2.22. The number of hydrogen-bond acceptors (Lipinski definition) is 1. The van der Waals surface area contributed by atoms with Gasteiger partial charge in [0, 0.05) is 4.47 Å². The van der Waals surface area contributed by atoms with Gasteiger partial charge in [0.1, 0.15) is 5.67 Å². The van der Waals surface area contributed by atoms with Crippen molar-refractivity contribution in [3.63, 3.8) is 0 Å². The predicted octanol–water partition coefficient (Wildman–Crippen LogP) is 3.35. The number of carboxylic acid groups (broad SMARTS) is 1. The van der Waals surface area contributed by atoms with Crippen LogP contribution in [0.3, 0.4) is 0 Å². The van der Waals surface area contributed by atoms with E-state index < -0.39 is 17.6 Å². The van der Waals surface area contributed by atoms with E-state index in [1.165, 1.54) is 13.8 Å². The predicted molar refractivity (Wildman–Crippen MR) is 59.4 cm³/mol. The molecule has 82 valence electrons. The molecule has 0 aliphatic heterocycles. The van der Waals surface area contributed by atoms with Gasteiger partial charge in [0.15, 0.2) is 0 Å². The molecule has 0 amide bonds. The minimum Gasteiger partial charge on any atom is -0.481 e. The highest BCUT2D eigenvalue weighted by atomic mass is 79.9. The third-order valence-corrected chi connectivity index (χ3v) is 3.07. The number of carbonyl (C=O) groups is 1. The zero-order valence-corrected chi connectivity index (χ0v) is 10.1. The third-order valence-electron chi connectivity index (χ3n) is 2.57. The van der Waals surface area contributed by atoms with Gasteiger partial charge in [-0.25, -0.2) is 4.39 Å². The van der Waals surface area contributed by atoms with Crippen LogP contribution in [-0.2, 0) is 10.5 Å². The van der Waals surface area contributed by atoms with Gasteiger partial charge < -0.3 is 5.11 Å². The minimum atomic E-state index is -1.87. The lowest BCUT2D eigenvalue weighted by Crippen LogP contribution is -2.31. The van der Waals surface area contributed by atoms with Crippen molar-refractivity contribution >= 4 is 21.9 Å². The second-order valence-electron chi connectivity index (χ2n) is 3.65. The smallest absolute Gasteiger partial charge is 0.309 e. The van der Waals surface area contributed by atoms with Gasteiger partial charge in [-0.2, -0.15) is 0 Å². The molecule has 0 spiro atoms. The lowest BCUT2D eigenvalue weighted by Gasteiger charge is -2.25. The first kappa shape index (κ1) is 12.2. The number of hydrogen-bond donors (Lipinski definition) is 1. The molecule has 0 radical (unpaired) electrons. The second-order valence-corrected chi connectivity index (χ2v) is 4.56. The zero-order chi connectivity index (χ0) is 11.6. The first-order valence-electron chi connectivity index (χ1n) is 4.53. The van der Waals surface area contributed by atoms with E-state index in [4.69, 9.17) is 5.11 Å². The van der Waals surface area contributed by atoms with Crippen molar-refractivity contribution in [1.82, 2.24) is 0 Å². The van der Waals surface area contributed by atoms with Gasteiger partial charge in [-0.3, -0.25) is 4.79 Å². The molecular weight excluding hydrogens is 263 g/mol. The summed E-state index contributed by atoms with van der Waals surface area (Å²) in [6, 6.07) is 6.64. The fourth-order valence-corrected chi connectivity index (χ4v) is 1.67. The van der Waals surface area contributed by atoms with Crippen LogP contribution in [0.15, 0.2) is 28.7 Å². The van der Waals surface area contributed by atoms with E-state index in [0.717, 1.165) is 4.47 Å². The summed E-state index contributed by atoms with van der Waals surface area (Å²) in [6.07, 6.45) is 0. The summed E-state index contributed by atoms with van der Waals surface area (Å²) in [7, 11) is 0. The maximum Gasteiger partial charge on any atom is 0.309 e. The molecule has 1 N–H and O–H groups in total. The molecule has 1 rings (SSSR count). The molecule has 0 bridgehead atoms. The Morgan fingerprint density at radius 2 is 2.20 bits per heavy atom. The van der Waals surface area contributed by atoms with Gasteiger partial charge in [0.2, 0.25) is 0 Å². The molecule has 2 unspecified atom stereocenters. The Morgan fingerprint density at radius 1 is 1.60 bits per heavy atom. The third kappa shape index (κ3) is 2.56. The van der Waals surface area contributed by atoms with Crippen LogP contribution in [0.5, 0.6) is 0 Å². The second kappa shape index (κ2) is 4.31. The highest BCUT2D eigenvalue weighted by Gasteiger charge is 2.37. The first-order chi connectivity index (χ1) is 6.85. The van der Waals surface area contributed by atoms with Gasteiger partial charge in [-0.15, -0.1) is 0 Å². The lowest BCUT2D eigenvalue weighted by atomic mass is 9.86. The highest BCUT2D eigenvalue weighted by molar-refractivity contribution is 9.10. The summed E-state index contributed by atoms with van der Waals surface area (Å²) in [4.78, 5) is 10.8. The Balaban J connectivity index is 3.10. The molecule has 1 aromatic carbocycles. The molecule has 0 aliphatic carbocycles. The van der Waals surface area contributed by atoms with E-state index in [0.29, 0.717) is 5.56 Å². The summed E-state index contributed by atoms with van der Waals surface area (Å²) >= 11 is 3.23. The van der Waals surface area contributed by atoms with Gasteiger partial charge in [0.05, 0.1) is 5.92 Å². The Bertz CT molecular complexity index is 377. The van der Waals surface area contributed by atoms with Gasteiger partial charge in [-0.1, -0.05) is 28.1 Å². The van der Waals surface area contributed by atoms with E-state index in [-0.39, 0.29) is 0 Å². The van der Waals surface area contributed by atoms with Crippen molar-refractivity contribution in [3.05, 3.63) is 34.3 Å². The fraction of sp³-hybridized carbons (Fsp3) is 0.364. The van der Waals surface area contributed by atoms with Crippen molar-refractivity contribution in [3.8, 4) is 0 Å². The van der Waals surface area contributed by atoms with Crippen LogP contribution in [0.1, 0.15) is 19.4 Å². The van der Waals surface area contributed by atoms with Crippen molar-refractivity contribution < 1.29 is 14.3 Å². The average Bonchev–Trinajstić information content (AvgIpc) is 2.16. The Hall–Kier alpha value is -0.900. The lowest BCUT2D eigenvalue weighted by molar-refractivity contribution is -0.146. The summed E-state index contributed by atoms with van der Waals surface area (Å²) in [5, 5.41) is 8.80. The summed E-state index contributed by atoms with van der Waals surface area (Å²) < 4.78 is 15.0. The van der Waals surface area contributed by atoms with Crippen LogP contribution in [0.25, 0.3) is 0 Å². The molecule has 2 atom stereocenters. The van der Waals surface area contributed by atoms with E-state index in [1.807, 2.05) is 0 Å². The summed E-state index contributed by atoms with van der Waals surface area (Å²) in [5.41, 5.74) is -1.50. The number of carboxylic acids is 1. The molecule has 2 nitrogen and oxygen atoms in total. The van der Waals surface area contributed by atoms with Crippen LogP contribution in [0, 0.1) is 5.92 Å². The Morgan fingerprint density at radius 3 is 2.67 bits per heavy atom. The molecule has 0 saturated carbocycles. The maximum absolute atomic E-state index is 14.2. The number of aliphatic carboxylic acids is 1. The van der Waals surface area contributed by atoms with E-state index >= 15 is 0 Å². The quantitative estimate of drug-likeness (QED) is 0.918. The van der Waals surface area contributed by atoms with E-state index in [9.17, 15) is 9.18 Å². The number of halogens is 2. The standard InChI is InChI=1S/C11H12BrFO2/c1-7(10(14)15)11(2,13)8-4-3-5-9(12)6-8/h3-7H,1-2H3,(H,14,15). The number of alkyl halides is 1. The maximum atomic E-state index is 14.2. The molecule has 0 aromatic heterocycles. The molecule has 1 aromatic rings. The monoisotopic (exact) mass is 274 g/mol. The SMILES string of the molecule is CC(C(=O)O)C(C)(F)c1cccc(Br)c1. The summed E-state index contributed by atoms with van der Waals surface area (Å²) in [6.45, 7) is 2.65. The van der Waals surface area contributed by atoms with Crippen LogP contribution in [0.2, 0.25) is 0 Å². The van der Waals surface area contributed by atoms with Crippen molar-refractivity contribution in [2.24, 2.45) is 5.92 Å². The van der Waals surface area contributed by atoms with Crippen molar-refractivity contribution in [2.45, 2.75) is 19.5 Å². The topological polar surface area (TPSA) is 37.3 Å². The van der Waals surface area contributed by atoms with Crippen LogP contribution >= 0.6 is 15.9 Å². The highest BCUT2D eigenvalue weighted by Crippen LogP contribution is 2.34. The first-order valence-corrected chi connectivity index (χ1v) is 5.32. The minimum absolute atomic E-state index is 0.367. The Labute approximate surface area is 96.2 Å². The molecular formula is C11H12BrFO2. The molecule has 15 heavy (non-hydrogen) atoms. The van der Waals surface area contributed by atoms with Gasteiger partial charge in [0.25, 0.3) is 0 Å². The largest absolute Gasteiger partial charge is 0.481 e. The van der Waals surface area contributed by atoms with Gasteiger partial charge in [-0.05, 0) is 31.5 Å². The fourth-order valence-electron chi connectivity index (χ4n) is 1.27. The van der Waals surface area contributed by atoms with Crippen molar-refractivity contribution in [2.75, 3.05) is 0 Å². The van der Waals surface area contributed by atoms with E-state index in [1.54, 1.807) is 24.3 Å².